The van der Waals surface area contributed by atoms with E-state index in [4.69, 9.17) is 4.42 Å². The summed E-state index contributed by atoms with van der Waals surface area (Å²) in [5, 5.41) is 0. The molecule has 30 heavy (non-hydrogen) atoms. The zero-order chi connectivity index (χ0) is 20.1. The van der Waals surface area contributed by atoms with Gasteiger partial charge in [-0.05, 0) is 116 Å². The van der Waals surface area contributed by atoms with Crippen molar-refractivity contribution in [2.24, 2.45) is 22.7 Å². The van der Waals surface area contributed by atoms with E-state index in [9.17, 15) is 4.39 Å². The molecule has 4 aliphatic rings. The number of hydrogen-bond acceptors (Lipinski definition) is 2. The fourth-order valence-corrected chi connectivity index (χ4v) is 6.69. The monoisotopic (exact) mass is 399 g/mol. The molecule has 0 atom stereocenters. The predicted octanol–water partition coefficient (Wildman–Crippen LogP) is 7.30. The quantitative estimate of drug-likeness (QED) is 0.422. The third-order valence-electron chi connectivity index (χ3n) is 7.61. The molecule has 2 nitrogen and oxygen atoms in total. The Morgan fingerprint density at radius 2 is 1.43 bits per heavy atom. The highest BCUT2D eigenvalue weighted by Crippen LogP contribution is 2.60. The van der Waals surface area contributed by atoms with Crippen molar-refractivity contribution in [1.29, 1.82) is 0 Å². The Morgan fingerprint density at radius 1 is 0.800 bits per heavy atom. The van der Waals surface area contributed by atoms with E-state index >= 15 is 0 Å². The molecular weight excluding hydrogens is 373 g/mol. The third kappa shape index (κ3) is 3.21. The highest BCUT2D eigenvalue weighted by Gasteiger charge is 2.51. The SMILES string of the molecule is Fc1ccc(-c2ccc(C=Nc3ccc(C45CC6CC(CC(C6)C4)C5)cc3)o2)cc1. The van der Waals surface area contributed by atoms with Gasteiger partial charge < -0.3 is 4.42 Å². The average Bonchev–Trinajstić information content (AvgIpc) is 3.21. The Kier molecular flexibility index (Phi) is 4.19. The second-order valence-corrected chi connectivity index (χ2v) is 9.71. The van der Waals surface area contributed by atoms with E-state index in [0.717, 1.165) is 29.0 Å². The molecular formula is C27H26FNO. The first-order chi connectivity index (χ1) is 14.6. The van der Waals surface area contributed by atoms with Gasteiger partial charge in [-0.3, -0.25) is 4.99 Å². The molecule has 0 unspecified atom stereocenters. The number of nitrogens with zero attached hydrogens (tertiary/aromatic N) is 1. The molecule has 0 radical (unpaired) electrons. The number of aliphatic imine (C=N–C) groups is 1. The maximum absolute atomic E-state index is 13.1. The maximum Gasteiger partial charge on any atom is 0.145 e. The molecule has 152 valence electrons. The number of furan rings is 1. The molecule has 1 heterocycles. The van der Waals surface area contributed by atoms with Crippen LogP contribution in [0.4, 0.5) is 10.1 Å². The lowest BCUT2D eigenvalue weighted by Crippen LogP contribution is -2.48. The summed E-state index contributed by atoms with van der Waals surface area (Å²) in [6, 6.07) is 19.0. The minimum Gasteiger partial charge on any atom is -0.455 e. The summed E-state index contributed by atoms with van der Waals surface area (Å²) in [5.74, 6) is 4.05. The second kappa shape index (κ2) is 6.94. The van der Waals surface area contributed by atoms with Crippen molar-refractivity contribution >= 4 is 11.9 Å². The zero-order valence-electron chi connectivity index (χ0n) is 17.1. The summed E-state index contributed by atoms with van der Waals surface area (Å²) in [6.45, 7) is 0. The van der Waals surface area contributed by atoms with Crippen LogP contribution in [0.25, 0.3) is 11.3 Å². The van der Waals surface area contributed by atoms with Gasteiger partial charge in [-0.15, -0.1) is 0 Å². The van der Waals surface area contributed by atoms with Crippen molar-refractivity contribution in [2.75, 3.05) is 0 Å². The summed E-state index contributed by atoms with van der Waals surface area (Å²) in [6.07, 6.45) is 10.4. The lowest BCUT2D eigenvalue weighted by molar-refractivity contribution is -0.00518. The summed E-state index contributed by atoms with van der Waals surface area (Å²) in [5.41, 5.74) is 3.76. The van der Waals surface area contributed by atoms with Gasteiger partial charge in [0.1, 0.15) is 17.3 Å². The van der Waals surface area contributed by atoms with E-state index in [1.165, 1.54) is 56.2 Å². The molecule has 7 rings (SSSR count). The minimum absolute atomic E-state index is 0.246. The largest absolute Gasteiger partial charge is 0.455 e. The molecule has 3 aromatic rings. The van der Waals surface area contributed by atoms with Crippen molar-refractivity contribution in [2.45, 2.75) is 43.9 Å². The van der Waals surface area contributed by atoms with Gasteiger partial charge in [-0.1, -0.05) is 12.1 Å². The van der Waals surface area contributed by atoms with E-state index in [1.807, 2.05) is 12.1 Å². The first kappa shape index (κ1) is 18.1. The van der Waals surface area contributed by atoms with Crippen LogP contribution < -0.4 is 0 Å². The molecule has 4 saturated carbocycles. The molecule has 0 saturated heterocycles. The molecule has 4 aliphatic carbocycles. The van der Waals surface area contributed by atoms with Crippen LogP contribution in [0.5, 0.6) is 0 Å². The minimum atomic E-state index is -0.246. The van der Waals surface area contributed by atoms with Gasteiger partial charge in [0, 0.05) is 5.56 Å². The normalized spacial score (nSPS) is 29.7. The molecule has 4 bridgehead atoms. The van der Waals surface area contributed by atoms with Crippen LogP contribution in [-0.2, 0) is 5.41 Å². The smallest absolute Gasteiger partial charge is 0.145 e. The molecule has 0 N–H and O–H groups in total. The van der Waals surface area contributed by atoms with Crippen molar-refractivity contribution in [3.8, 4) is 11.3 Å². The van der Waals surface area contributed by atoms with Crippen LogP contribution in [-0.4, -0.2) is 6.21 Å². The Morgan fingerprint density at radius 3 is 2.07 bits per heavy atom. The molecule has 1 aromatic heterocycles. The van der Waals surface area contributed by atoms with Gasteiger partial charge in [-0.25, -0.2) is 4.39 Å². The highest BCUT2D eigenvalue weighted by atomic mass is 19.1. The third-order valence-corrected chi connectivity index (χ3v) is 7.61. The van der Waals surface area contributed by atoms with Crippen LogP contribution >= 0.6 is 0 Å². The number of rotatable bonds is 4. The van der Waals surface area contributed by atoms with Gasteiger partial charge >= 0.3 is 0 Å². The molecule has 3 heteroatoms. The van der Waals surface area contributed by atoms with Crippen LogP contribution in [0.15, 0.2) is 70.1 Å². The van der Waals surface area contributed by atoms with E-state index in [2.05, 4.69) is 29.3 Å². The van der Waals surface area contributed by atoms with Crippen LogP contribution in [0.1, 0.15) is 49.8 Å². The van der Waals surface area contributed by atoms with Crippen molar-refractivity contribution < 1.29 is 8.81 Å². The second-order valence-electron chi connectivity index (χ2n) is 9.71. The van der Waals surface area contributed by atoms with Crippen molar-refractivity contribution in [3.05, 3.63) is 77.8 Å². The number of hydrogen-bond donors (Lipinski definition) is 0. The standard InChI is InChI=1S/C27H26FNO/c28-23-5-1-21(2-6-23)26-10-9-25(30-26)17-29-24-7-3-22(4-8-24)27-14-18-11-19(15-27)13-20(12-18)16-27/h1-10,17-20H,11-16H2. The number of halogens is 1. The Balaban J connectivity index is 1.18. The lowest BCUT2D eigenvalue weighted by atomic mass is 9.48. The van der Waals surface area contributed by atoms with Crippen LogP contribution in [0.3, 0.4) is 0 Å². The molecule has 2 aromatic carbocycles. The van der Waals surface area contributed by atoms with E-state index < -0.39 is 0 Å². The van der Waals surface area contributed by atoms with E-state index in [-0.39, 0.29) is 5.82 Å². The summed E-state index contributed by atoms with van der Waals surface area (Å²) >= 11 is 0. The first-order valence-corrected chi connectivity index (χ1v) is 11.2. The highest BCUT2D eigenvalue weighted by molar-refractivity contribution is 5.79. The maximum atomic E-state index is 13.1. The van der Waals surface area contributed by atoms with Gasteiger partial charge in [-0.2, -0.15) is 0 Å². The Hall–Kier alpha value is -2.68. The fourth-order valence-electron chi connectivity index (χ4n) is 6.69. The molecule has 4 fully saturated rings. The molecule has 0 amide bonds. The fraction of sp³-hybridized carbons (Fsp3) is 0.370. The number of benzene rings is 2. The lowest BCUT2D eigenvalue weighted by Gasteiger charge is -2.57. The summed E-state index contributed by atoms with van der Waals surface area (Å²) in [7, 11) is 0. The van der Waals surface area contributed by atoms with Gasteiger partial charge in [0.05, 0.1) is 11.9 Å². The predicted molar refractivity (Wildman–Crippen MR) is 118 cm³/mol. The topological polar surface area (TPSA) is 25.5 Å². The Bertz CT molecular complexity index is 1040. The van der Waals surface area contributed by atoms with E-state index in [0.29, 0.717) is 16.9 Å². The van der Waals surface area contributed by atoms with Crippen molar-refractivity contribution in [1.82, 2.24) is 0 Å². The van der Waals surface area contributed by atoms with Gasteiger partial charge in [0.15, 0.2) is 0 Å². The molecule has 0 aliphatic heterocycles. The van der Waals surface area contributed by atoms with Crippen LogP contribution in [0.2, 0.25) is 0 Å². The summed E-state index contributed by atoms with van der Waals surface area (Å²) in [4.78, 5) is 4.61. The average molecular weight is 400 g/mol. The summed E-state index contributed by atoms with van der Waals surface area (Å²) < 4.78 is 18.9. The van der Waals surface area contributed by atoms with Gasteiger partial charge in [0.25, 0.3) is 0 Å². The van der Waals surface area contributed by atoms with Crippen LogP contribution in [0, 0.1) is 23.6 Å². The van der Waals surface area contributed by atoms with E-state index in [1.54, 1.807) is 18.3 Å². The first-order valence-electron chi connectivity index (χ1n) is 11.2. The molecule has 0 spiro atoms. The van der Waals surface area contributed by atoms with Crippen molar-refractivity contribution in [3.63, 3.8) is 0 Å². The van der Waals surface area contributed by atoms with Gasteiger partial charge in [0.2, 0.25) is 0 Å². The Labute approximate surface area is 176 Å². The zero-order valence-corrected chi connectivity index (χ0v) is 17.1.